The molecule has 0 saturated carbocycles. The molecule has 0 N–H and O–H groups in total. The fourth-order valence-corrected chi connectivity index (χ4v) is 10.7. The third-order valence-electron chi connectivity index (χ3n) is 15.2. The molecule has 5 nitrogen and oxygen atoms in total. The summed E-state index contributed by atoms with van der Waals surface area (Å²) in [6, 6.07) is 69.2. The average Bonchev–Trinajstić information content (AvgIpc) is 3.97. The summed E-state index contributed by atoms with van der Waals surface area (Å²) >= 11 is 0. The number of ether oxygens (including phenoxy) is 1. The van der Waals surface area contributed by atoms with Gasteiger partial charge in [-0.05, 0) is 127 Å². The van der Waals surface area contributed by atoms with Crippen molar-refractivity contribution < 1.29 is 4.74 Å². The summed E-state index contributed by atoms with van der Waals surface area (Å²) in [6.07, 6.45) is 2.01. The maximum Gasteiger partial charge on any atom is 0.137 e. The number of pyridine rings is 1. The van der Waals surface area contributed by atoms with Crippen LogP contribution >= 0.6 is 0 Å². The maximum atomic E-state index is 6.86. The molecule has 0 amide bonds. The molecule has 0 unspecified atom stereocenters. The zero-order valence-corrected chi connectivity index (χ0v) is 45.9. The van der Waals surface area contributed by atoms with E-state index in [9.17, 15) is 0 Å². The highest BCUT2D eigenvalue weighted by Gasteiger charge is 2.33. The number of fused-ring (bicyclic) bond motifs is 4. The van der Waals surface area contributed by atoms with Gasteiger partial charge in [-0.2, -0.15) is 0 Å². The number of benzene rings is 8. The smallest absolute Gasteiger partial charge is 0.137 e. The van der Waals surface area contributed by atoms with E-state index in [0.717, 1.165) is 50.8 Å². The van der Waals surface area contributed by atoms with Gasteiger partial charge in [0.25, 0.3) is 0 Å². The first-order valence-electron chi connectivity index (χ1n) is 26.6. The van der Waals surface area contributed by atoms with E-state index in [1.165, 1.54) is 66.7 Å². The van der Waals surface area contributed by atoms with Crippen molar-refractivity contribution in [3.05, 3.63) is 217 Å². The lowest BCUT2D eigenvalue weighted by molar-refractivity contribution is 0.483. The van der Waals surface area contributed by atoms with Crippen LogP contribution in [0.4, 0.5) is 22.7 Å². The molecule has 376 valence electrons. The molecule has 0 atom stereocenters. The van der Waals surface area contributed by atoms with Crippen LogP contribution in [0.25, 0.3) is 61.0 Å². The Kier molecular flexibility index (Phi) is 12.2. The molecule has 0 bridgehead atoms. The first kappa shape index (κ1) is 49.3. The fourth-order valence-electron chi connectivity index (χ4n) is 10.7. The molecule has 10 aromatic rings. The molecule has 2 aromatic heterocycles. The van der Waals surface area contributed by atoms with E-state index in [1.807, 2.05) is 6.20 Å². The van der Waals surface area contributed by atoms with Crippen molar-refractivity contribution in [3.63, 3.8) is 0 Å². The Morgan fingerprint density at radius 1 is 0.387 bits per heavy atom. The normalized spacial score (nSPS) is 13.2. The standard InChI is InChI=1S/C70H70N4O/c1-67(2,3)50-33-31-47(32-34-50)46-27-29-48(30-28-46)59-40-53(70(10,11)12)41-60(49-19-17-20-51(39-49)68(4,5)6)66(59)73-45-72(62-25-15-16-26-63(62)73)54-21-18-22-55(42-54)75-56-36-37-58-57-23-13-14-24-61(57)74(64(58)43-56)65-38-35-52(44-71-65)69(7,8)9/h13-44H,45H2,1-12H3. The summed E-state index contributed by atoms with van der Waals surface area (Å²) in [5, 5.41) is 2.34. The molecule has 8 aromatic carbocycles. The van der Waals surface area contributed by atoms with Crippen molar-refractivity contribution in [2.45, 2.75) is 105 Å². The summed E-state index contributed by atoms with van der Waals surface area (Å²) in [4.78, 5) is 9.98. The van der Waals surface area contributed by atoms with Gasteiger partial charge < -0.3 is 14.5 Å². The second-order valence-corrected chi connectivity index (χ2v) is 24.7. The molecule has 0 aliphatic carbocycles. The van der Waals surface area contributed by atoms with Crippen LogP contribution in [0.15, 0.2) is 194 Å². The van der Waals surface area contributed by atoms with Crippen molar-refractivity contribution in [3.8, 4) is 50.7 Å². The van der Waals surface area contributed by atoms with Gasteiger partial charge in [0.1, 0.15) is 24.0 Å². The summed E-state index contributed by atoms with van der Waals surface area (Å²) in [7, 11) is 0. The van der Waals surface area contributed by atoms with E-state index in [1.54, 1.807) is 0 Å². The van der Waals surface area contributed by atoms with Crippen molar-refractivity contribution in [2.24, 2.45) is 0 Å². The summed E-state index contributed by atoms with van der Waals surface area (Å²) < 4.78 is 9.12. The van der Waals surface area contributed by atoms with Crippen LogP contribution in [0.5, 0.6) is 11.5 Å². The van der Waals surface area contributed by atoms with Crippen molar-refractivity contribution in [1.29, 1.82) is 0 Å². The van der Waals surface area contributed by atoms with E-state index >= 15 is 0 Å². The van der Waals surface area contributed by atoms with Gasteiger partial charge in [-0.15, -0.1) is 0 Å². The van der Waals surface area contributed by atoms with Crippen LogP contribution in [-0.2, 0) is 21.7 Å². The quantitative estimate of drug-likeness (QED) is 0.152. The topological polar surface area (TPSA) is 33.5 Å². The SMILES string of the molecule is CC(C)(C)c1ccc(-c2ccc(-c3cc(C(C)(C)C)cc(-c4cccc(C(C)(C)C)c4)c3N3CN(c4cccc(Oc5ccc6c7ccccc7n(-c7ccc(C(C)(C)C)cn7)c6c5)c4)c4ccccc43)cc2)cc1. The van der Waals surface area contributed by atoms with Crippen LogP contribution in [-0.4, -0.2) is 16.2 Å². The van der Waals surface area contributed by atoms with Gasteiger partial charge in [-0.3, -0.25) is 4.57 Å². The third kappa shape index (κ3) is 9.50. The summed E-state index contributed by atoms with van der Waals surface area (Å²) in [6.45, 7) is 28.0. The lowest BCUT2D eigenvalue weighted by Crippen LogP contribution is -2.25. The van der Waals surface area contributed by atoms with Crippen LogP contribution < -0.4 is 14.5 Å². The number of rotatable bonds is 8. The highest BCUT2D eigenvalue weighted by Crippen LogP contribution is 2.52. The minimum atomic E-state index is -0.108. The molecular weight excluding hydrogens is 913 g/mol. The van der Waals surface area contributed by atoms with Gasteiger partial charge in [0.2, 0.25) is 0 Å². The summed E-state index contributed by atoms with van der Waals surface area (Å²) in [5.74, 6) is 2.41. The van der Waals surface area contributed by atoms with E-state index in [4.69, 9.17) is 9.72 Å². The van der Waals surface area contributed by atoms with Crippen LogP contribution in [0, 0.1) is 0 Å². The monoisotopic (exact) mass is 983 g/mol. The highest BCUT2D eigenvalue weighted by atomic mass is 16.5. The minimum Gasteiger partial charge on any atom is -0.457 e. The maximum absolute atomic E-state index is 6.86. The van der Waals surface area contributed by atoms with Crippen molar-refractivity contribution >= 4 is 44.6 Å². The molecule has 11 rings (SSSR count). The van der Waals surface area contributed by atoms with Crippen molar-refractivity contribution in [2.75, 3.05) is 16.5 Å². The predicted molar refractivity (Wildman–Crippen MR) is 318 cm³/mol. The second kappa shape index (κ2) is 18.5. The van der Waals surface area contributed by atoms with E-state index < -0.39 is 0 Å². The molecule has 1 aliphatic heterocycles. The number of aromatic nitrogens is 2. The highest BCUT2D eigenvalue weighted by molar-refractivity contribution is 6.09. The number of anilines is 4. The number of nitrogens with zero attached hydrogens (tertiary/aromatic N) is 4. The van der Waals surface area contributed by atoms with Gasteiger partial charge >= 0.3 is 0 Å². The van der Waals surface area contributed by atoms with Crippen LogP contribution in [0.3, 0.4) is 0 Å². The van der Waals surface area contributed by atoms with Gasteiger partial charge in [-0.25, -0.2) is 4.98 Å². The molecule has 0 saturated heterocycles. The largest absolute Gasteiger partial charge is 0.457 e. The van der Waals surface area contributed by atoms with Crippen LogP contribution in [0.2, 0.25) is 0 Å². The Labute approximate surface area is 445 Å². The van der Waals surface area contributed by atoms with Gasteiger partial charge in [0, 0.05) is 45.9 Å². The first-order chi connectivity index (χ1) is 35.7. The zero-order valence-electron chi connectivity index (χ0n) is 45.9. The Morgan fingerprint density at radius 2 is 0.947 bits per heavy atom. The molecular formula is C70H70N4O. The van der Waals surface area contributed by atoms with Crippen molar-refractivity contribution in [1.82, 2.24) is 9.55 Å². The molecule has 1 aliphatic rings. The lowest BCUT2D eigenvalue weighted by atomic mass is 9.80. The lowest BCUT2D eigenvalue weighted by Gasteiger charge is -2.30. The Bertz CT molecular complexity index is 3740. The summed E-state index contributed by atoms with van der Waals surface area (Å²) in [5.41, 5.74) is 19.0. The van der Waals surface area contributed by atoms with Gasteiger partial charge in [0.05, 0.1) is 28.1 Å². The Hall–Kier alpha value is -7.89. The Balaban J connectivity index is 1.00. The van der Waals surface area contributed by atoms with E-state index in [2.05, 4.69) is 286 Å². The van der Waals surface area contributed by atoms with Gasteiger partial charge in [-0.1, -0.05) is 198 Å². The number of hydrogen-bond donors (Lipinski definition) is 0. The van der Waals surface area contributed by atoms with Gasteiger partial charge in [0.15, 0.2) is 0 Å². The zero-order chi connectivity index (χ0) is 52.6. The van der Waals surface area contributed by atoms with E-state index in [-0.39, 0.29) is 21.7 Å². The third-order valence-corrected chi connectivity index (χ3v) is 15.2. The molecule has 0 radical (unpaired) electrons. The average molecular weight is 983 g/mol. The number of hydrogen-bond acceptors (Lipinski definition) is 4. The first-order valence-corrected chi connectivity index (χ1v) is 26.6. The number of para-hydroxylation sites is 3. The second-order valence-electron chi connectivity index (χ2n) is 24.7. The predicted octanol–water partition coefficient (Wildman–Crippen LogP) is 19.4. The Morgan fingerprint density at radius 3 is 1.60 bits per heavy atom. The van der Waals surface area contributed by atoms with E-state index in [0.29, 0.717) is 6.67 Å². The minimum absolute atomic E-state index is 0.00700. The molecule has 3 heterocycles. The molecule has 0 fully saturated rings. The fraction of sp³-hybridized carbons (Fsp3) is 0.243. The molecule has 0 spiro atoms. The molecule has 75 heavy (non-hydrogen) atoms. The molecule has 5 heteroatoms. The van der Waals surface area contributed by atoms with Crippen LogP contribution in [0.1, 0.15) is 105 Å².